The molecular weight excluding hydrogens is 168 g/mol. The predicted molar refractivity (Wildman–Crippen MR) is 34.4 cm³/mol. The molecule has 4 nitrogen and oxygen atoms in total. The van der Waals surface area contributed by atoms with E-state index < -0.39 is 0 Å². The van der Waals surface area contributed by atoms with Gasteiger partial charge in [0.15, 0.2) is 6.04 Å². The van der Waals surface area contributed by atoms with Crippen molar-refractivity contribution in [3.05, 3.63) is 0 Å². The van der Waals surface area contributed by atoms with E-state index in [1.54, 1.807) is 6.92 Å². The van der Waals surface area contributed by atoms with Crippen LogP contribution in [-0.4, -0.2) is 31.4 Å². The van der Waals surface area contributed by atoms with Crippen molar-refractivity contribution in [2.45, 2.75) is 13.0 Å². The Morgan fingerprint density at radius 2 is 2.36 bits per heavy atom. The average Bonchev–Trinajstić information content (AvgIpc) is 1.95. The molecule has 1 heterocycles. The van der Waals surface area contributed by atoms with Crippen LogP contribution in [0.3, 0.4) is 0 Å². The molecule has 1 aliphatic heterocycles. The highest BCUT2D eigenvalue weighted by Gasteiger charge is 2.28. The van der Waals surface area contributed by atoms with Crippen molar-refractivity contribution in [1.82, 2.24) is 5.32 Å². The highest BCUT2D eigenvalue weighted by Crippen LogP contribution is 1.78. The standard InChI is InChI=1S/C6H10N2O2.ClH/c1-5-6(10)7-2-3-8(5)4-9;/h4-5H,2-3H2,1H3,(H,7,10);1H. The molecule has 0 aromatic rings. The second kappa shape index (κ2) is 4.31. The highest BCUT2D eigenvalue weighted by atomic mass is 35.5. The van der Waals surface area contributed by atoms with Crippen molar-refractivity contribution in [2.24, 2.45) is 0 Å². The molecule has 0 aliphatic carbocycles. The summed E-state index contributed by atoms with van der Waals surface area (Å²) in [5.74, 6) is -0.0339. The van der Waals surface area contributed by atoms with Gasteiger partial charge < -0.3 is 17.7 Å². The lowest BCUT2D eigenvalue weighted by atomic mass is 10.2. The lowest BCUT2D eigenvalue weighted by Gasteiger charge is -2.23. The van der Waals surface area contributed by atoms with E-state index in [1.165, 1.54) is 0 Å². The number of hydrogen-bond acceptors (Lipinski definition) is 2. The number of carbonyl (C=O) groups is 2. The Labute approximate surface area is 71.3 Å². The Morgan fingerprint density at radius 3 is 2.82 bits per heavy atom. The summed E-state index contributed by atoms with van der Waals surface area (Å²) in [6.45, 7) is 3.06. The highest BCUT2D eigenvalue weighted by molar-refractivity contribution is 5.81. The maximum Gasteiger partial charge on any atom is 0.300 e. The molecule has 0 radical (unpaired) electrons. The largest absolute Gasteiger partial charge is 1.00 e. The van der Waals surface area contributed by atoms with Gasteiger partial charge in [0, 0.05) is 0 Å². The Morgan fingerprint density at radius 1 is 1.73 bits per heavy atom. The Hall–Kier alpha value is -0.610. The molecule has 2 N–H and O–H groups in total. The van der Waals surface area contributed by atoms with Crippen LogP contribution in [0.4, 0.5) is 0 Å². The van der Waals surface area contributed by atoms with Crippen LogP contribution in [-0.2, 0) is 9.59 Å². The van der Waals surface area contributed by atoms with Crippen molar-refractivity contribution >= 4 is 12.3 Å². The van der Waals surface area contributed by atoms with Crippen LogP contribution in [0.1, 0.15) is 6.92 Å². The van der Waals surface area contributed by atoms with Crippen molar-refractivity contribution in [3.8, 4) is 0 Å². The summed E-state index contributed by atoms with van der Waals surface area (Å²) >= 11 is 0. The third-order valence-electron chi connectivity index (χ3n) is 1.81. The Balaban J connectivity index is 0.000001000. The first-order valence-electron chi connectivity index (χ1n) is 3.34. The SMILES string of the molecule is CC1C(=O)NCC[NH+]1C=O.[Cl-]. The van der Waals surface area contributed by atoms with E-state index in [-0.39, 0.29) is 24.4 Å². The molecule has 1 rings (SSSR count). The van der Waals surface area contributed by atoms with Gasteiger partial charge in [0.05, 0.1) is 6.54 Å². The molecule has 64 valence electrons. The fraction of sp³-hybridized carbons (Fsp3) is 0.667. The van der Waals surface area contributed by atoms with Crippen molar-refractivity contribution in [1.29, 1.82) is 0 Å². The predicted octanol–water partition coefficient (Wildman–Crippen LogP) is -5.45. The average molecular weight is 179 g/mol. The van der Waals surface area contributed by atoms with Crippen LogP contribution in [0, 0.1) is 0 Å². The normalized spacial score (nSPS) is 30.1. The fourth-order valence-electron chi connectivity index (χ4n) is 1.03. The lowest BCUT2D eigenvalue weighted by molar-refractivity contribution is -0.828. The number of piperazine rings is 1. The van der Waals surface area contributed by atoms with Crippen LogP contribution < -0.4 is 22.6 Å². The van der Waals surface area contributed by atoms with Crippen molar-refractivity contribution < 1.29 is 26.9 Å². The van der Waals surface area contributed by atoms with E-state index in [9.17, 15) is 9.59 Å². The molecule has 0 bridgehead atoms. The first-order valence-corrected chi connectivity index (χ1v) is 3.34. The molecule has 2 amide bonds. The van der Waals surface area contributed by atoms with Gasteiger partial charge in [-0.2, -0.15) is 0 Å². The van der Waals surface area contributed by atoms with E-state index >= 15 is 0 Å². The first-order chi connectivity index (χ1) is 4.75. The molecule has 0 aromatic carbocycles. The molecule has 0 spiro atoms. The summed E-state index contributed by atoms with van der Waals surface area (Å²) in [6.07, 6.45) is 0.795. The van der Waals surface area contributed by atoms with Gasteiger partial charge in [-0.3, -0.25) is 9.69 Å². The van der Waals surface area contributed by atoms with Gasteiger partial charge in [-0.1, -0.05) is 0 Å². The maximum absolute atomic E-state index is 10.9. The van der Waals surface area contributed by atoms with E-state index in [4.69, 9.17) is 0 Å². The Bertz CT molecular complexity index is 163. The molecule has 1 aliphatic rings. The summed E-state index contributed by atoms with van der Waals surface area (Å²) < 4.78 is 0. The minimum absolute atomic E-state index is 0. The number of nitrogens with one attached hydrogen (secondary N) is 2. The van der Waals surface area contributed by atoms with E-state index in [0.717, 1.165) is 6.41 Å². The summed E-state index contributed by atoms with van der Waals surface area (Å²) in [5, 5.41) is 2.68. The maximum atomic E-state index is 10.9. The zero-order chi connectivity index (χ0) is 7.56. The molecule has 2 atom stereocenters. The number of halogens is 1. The minimum Gasteiger partial charge on any atom is -1.00 e. The van der Waals surface area contributed by atoms with Gasteiger partial charge in [-0.05, 0) is 6.92 Å². The zero-order valence-electron chi connectivity index (χ0n) is 6.26. The number of amides is 2. The smallest absolute Gasteiger partial charge is 0.300 e. The molecule has 0 saturated carbocycles. The molecular formula is C6H11ClN2O2. The lowest BCUT2D eigenvalue weighted by Crippen LogP contribution is -3.18. The fourth-order valence-corrected chi connectivity index (χ4v) is 1.03. The van der Waals surface area contributed by atoms with Gasteiger partial charge in [0.25, 0.3) is 5.91 Å². The van der Waals surface area contributed by atoms with Crippen LogP contribution in [0.15, 0.2) is 0 Å². The van der Waals surface area contributed by atoms with Gasteiger partial charge in [-0.15, -0.1) is 0 Å². The quantitative estimate of drug-likeness (QED) is 0.394. The van der Waals surface area contributed by atoms with E-state index in [1.807, 2.05) is 0 Å². The monoisotopic (exact) mass is 178 g/mol. The van der Waals surface area contributed by atoms with Crippen molar-refractivity contribution in [2.75, 3.05) is 13.1 Å². The topological polar surface area (TPSA) is 50.6 Å². The number of quaternary nitrogens is 1. The van der Waals surface area contributed by atoms with E-state index in [2.05, 4.69) is 5.32 Å². The number of carbonyl (C=O) groups excluding carboxylic acids is 2. The van der Waals surface area contributed by atoms with Crippen molar-refractivity contribution in [3.63, 3.8) is 0 Å². The number of hydrogen-bond donors (Lipinski definition) is 2. The Kier molecular flexibility index (Phi) is 4.07. The number of rotatable bonds is 1. The minimum atomic E-state index is -0.216. The van der Waals surface area contributed by atoms with Crippen LogP contribution in [0.5, 0.6) is 0 Å². The van der Waals surface area contributed by atoms with Gasteiger partial charge in [0.2, 0.25) is 0 Å². The van der Waals surface area contributed by atoms with Gasteiger partial charge in [0.1, 0.15) is 6.54 Å². The third kappa shape index (κ3) is 2.17. The van der Waals surface area contributed by atoms with Crippen LogP contribution >= 0.6 is 0 Å². The van der Waals surface area contributed by atoms with E-state index in [0.29, 0.717) is 18.0 Å². The third-order valence-corrected chi connectivity index (χ3v) is 1.81. The van der Waals surface area contributed by atoms with Gasteiger partial charge in [-0.25, -0.2) is 4.79 Å². The first kappa shape index (κ1) is 10.4. The summed E-state index contributed by atoms with van der Waals surface area (Å²) in [6, 6.07) is -0.216. The molecule has 0 aromatic heterocycles. The summed E-state index contributed by atoms with van der Waals surface area (Å²) in [4.78, 5) is 21.9. The van der Waals surface area contributed by atoms with Gasteiger partial charge >= 0.3 is 6.41 Å². The van der Waals surface area contributed by atoms with Crippen LogP contribution in [0.25, 0.3) is 0 Å². The molecule has 11 heavy (non-hydrogen) atoms. The zero-order valence-corrected chi connectivity index (χ0v) is 7.02. The molecule has 5 heteroatoms. The second-order valence-corrected chi connectivity index (χ2v) is 2.46. The summed E-state index contributed by atoms with van der Waals surface area (Å²) in [7, 11) is 0. The molecule has 2 unspecified atom stereocenters. The van der Waals surface area contributed by atoms with Crippen LogP contribution in [0.2, 0.25) is 0 Å². The molecule has 1 saturated heterocycles. The molecule has 1 fully saturated rings. The summed E-state index contributed by atoms with van der Waals surface area (Å²) in [5.41, 5.74) is 0. The second-order valence-electron chi connectivity index (χ2n) is 2.46.